The van der Waals surface area contributed by atoms with Crippen molar-refractivity contribution >= 4 is 29.1 Å². The van der Waals surface area contributed by atoms with Crippen molar-refractivity contribution in [1.82, 2.24) is 0 Å². The maximum Gasteiger partial charge on any atom is 0.418 e. The zero-order chi connectivity index (χ0) is 22.3. The van der Waals surface area contributed by atoms with E-state index in [-0.39, 0.29) is 40.6 Å². The van der Waals surface area contributed by atoms with Gasteiger partial charge in [0.1, 0.15) is 0 Å². The third-order valence-corrected chi connectivity index (χ3v) is 6.03. The summed E-state index contributed by atoms with van der Waals surface area (Å²) in [5.74, 6) is -1.65. The first kappa shape index (κ1) is 21.1. The minimum absolute atomic E-state index is 0.0540. The smallest absolute Gasteiger partial charge is 0.321 e. The number of anilines is 2. The fourth-order valence-electron chi connectivity index (χ4n) is 4.46. The van der Waals surface area contributed by atoms with E-state index in [1.807, 2.05) is 0 Å². The second kappa shape index (κ2) is 7.83. The number of hydrogen-bond donors (Lipinski definition) is 1. The van der Waals surface area contributed by atoms with Crippen molar-refractivity contribution < 1.29 is 27.6 Å². The number of para-hydroxylation sites is 1. The average Bonchev–Trinajstić information content (AvgIpc) is 2.97. The Bertz CT molecular complexity index is 1050. The van der Waals surface area contributed by atoms with Gasteiger partial charge in [-0.15, -0.1) is 0 Å². The Hall–Kier alpha value is -3.16. The molecule has 0 bridgehead atoms. The molecule has 1 aliphatic carbocycles. The highest BCUT2D eigenvalue weighted by Crippen LogP contribution is 2.42. The normalized spacial score (nSPS) is 23.6. The van der Waals surface area contributed by atoms with Crippen LogP contribution in [0.3, 0.4) is 0 Å². The largest absolute Gasteiger partial charge is 0.418 e. The first-order chi connectivity index (χ1) is 14.7. The number of fused-ring (bicyclic) bond motifs is 1. The molecule has 162 valence electrons. The van der Waals surface area contributed by atoms with Crippen molar-refractivity contribution in [2.24, 2.45) is 17.8 Å². The zero-order valence-electron chi connectivity index (χ0n) is 16.8. The molecule has 0 radical (unpaired) electrons. The van der Waals surface area contributed by atoms with E-state index in [4.69, 9.17) is 0 Å². The summed E-state index contributed by atoms with van der Waals surface area (Å²) in [4.78, 5) is 39.5. The molecule has 2 aliphatic rings. The first-order valence-electron chi connectivity index (χ1n) is 10.1. The lowest BCUT2D eigenvalue weighted by molar-refractivity contribution is -0.137. The van der Waals surface area contributed by atoms with Gasteiger partial charge in [-0.1, -0.05) is 25.1 Å². The maximum atomic E-state index is 13.2. The van der Waals surface area contributed by atoms with Crippen molar-refractivity contribution in [3.05, 3.63) is 59.7 Å². The van der Waals surface area contributed by atoms with Crippen molar-refractivity contribution in [3.63, 3.8) is 0 Å². The number of nitrogens with one attached hydrogen (secondary N) is 1. The molecule has 4 rings (SSSR count). The lowest BCUT2D eigenvalue weighted by atomic mass is 9.76. The van der Waals surface area contributed by atoms with Gasteiger partial charge in [-0.05, 0) is 55.5 Å². The Labute approximate surface area is 177 Å². The molecule has 2 fully saturated rings. The van der Waals surface area contributed by atoms with Crippen LogP contribution in [0.15, 0.2) is 48.5 Å². The third kappa shape index (κ3) is 3.94. The van der Waals surface area contributed by atoms with Crippen molar-refractivity contribution in [2.45, 2.75) is 32.4 Å². The van der Waals surface area contributed by atoms with Gasteiger partial charge in [0.25, 0.3) is 5.91 Å². The Kier molecular flexibility index (Phi) is 5.33. The molecule has 31 heavy (non-hydrogen) atoms. The molecule has 1 N–H and O–H groups in total. The molecule has 1 saturated heterocycles. The molecule has 3 amide bonds. The van der Waals surface area contributed by atoms with Crippen LogP contribution in [0.4, 0.5) is 24.5 Å². The quantitative estimate of drug-likeness (QED) is 0.706. The summed E-state index contributed by atoms with van der Waals surface area (Å²) in [6, 6.07) is 10.5. The Morgan fingerprint density at radius 2 is 1.71 bits per heavy atom. The van der Waals surface area contributed by atoms with E-state index in [9.17, 15) is 27.6 Å². The highest BCUT2D eigenvalue weighted by Gasteiger charge is 2.50. The fraction of sp³-hybridized carbons (Fsp3) is 0.348. The number of carbonyl (C=O) groups is 3. The predicted octanol–water partition coefficient (Wildman–Crippen LogP) is 4.88. The number of carbonyl (C=O) groups excluding carboxylic acids is 3. The molecule has 5 nitrogen and oxygen atoms in total. The number of halogens is 3. The topological polar surface area (TPSA) is 66.5 Å². The van der Waals surface area contributed by atoms with E-state index in [1.165, 1.54) is 36.4 Å². The van der Waals surface area contributed by atoms with E-state index in [1.54, 1.807) is 6.07 Å². The molecule has 2 aromatic carbocycles. The predicted molar refractivity (Wildman–Crippen MR) is 108 cm³/mol. The van der Waals surface area contributed by atoms with Gasteiger partial charge in [-0.3, -0.25) is 19.3 Å². The summed E-state index contributed by atoms with van der Waals surface area (Å²) in [5, 5.41) is 2.28. The van der Waals surface area contributed by atoms with E-state index in [0.717, 1.165) is 17.4 Å². The number of amides is 3. The molecule has 2 aromatic rings. The summed E-state index contributed by atoms with van der Waals surface area (Å²) in [5.41, 5.74) is -1.01. The molecule has 0 unspecified atom stereocenters. The van der Waals surface area contributed by atoms with Crippen LogP contribution in [0.2, 0.25) is 0 Å². The fourth-order valence-corrected chi connectivity index (χ4v) is 4.46. The molecule has 3 atom stereocenters. The van der Waals surface area contributed by atoms with Crippen LogP contribution in [0.25, 0.3) is 0 Å². The number of benzene rings is 2. The highest BCUT2D eigenvalue weighted by atomic mass is 19.4. The van der Waals surface area contributed by atoms with Gasteiger partial charge in [0.05, 0.1) is 28.8 Å². The lowest BCUT2D eigenvalue weighted by Gasteiger charge is -2.25. The molecular weight excluding hydrogens is 409 g/mol. The lowest BCUT2D eigenvalue weighted by Crippen LogP contribution is -2.31. The average molecular weight is 430 g/mol. The third-order valence-electron chi connectivity index (χ3n) is 6.03. The summed E-state index contributed by atoms with van der Waals surface area (Å²) in [6.07, 6.45) is -2.43. The monoisotopic (exact) mass is 430 g/mol. The summed E-state index contributed by atoms with van der Waals surface area (Å²) in [6.45, 7) is 2.06. The Morgan fingerprint density at radius 3 is 2.45 bits per heavy atom. The van der Waals surface area contributed by atoms with Crippen LogP contribution in [0.1, 0.15) is 42.1 Å². The molecular formula is C23H21F3N2O3. The van der Waals surface area contributed by atoms with E-state index in [0.29, 0.717) is 18.8 Å². The van der Waals surface area contributed by atoms with Crippen LogP contribution in [-0.2, 0) is 15.8 Å². The summed E-state index contributed by atoms with van der Waals surface area (Å²) >= 11 is 0. The number of hydrogen-bond acceptors (Lipinski definition) is 3. The standard InChI is InChI=1S/C23H21F3N2O3/c1-13-9-10-16-17(11-13)22(31)28(21(16)30)15-6-4-5-14(12-15)20(29)27-19-8-3-2-7-18(19)23(24,25)26/h2-8,12-13,16-17H,9-11H2,1H3,(H,27,29)/t13-,16-,17+/m1/s1. The summed E-state index contributed by atoms with van der Waals surface area (Å²) < 4.78 is 39.6. The number of rotatable bonds is 3. The van der Waals surface area contributed by atoms with Crippen LogP contribution in [-0.4, -0.2) is 17.7 Å². The minimum Gasteiger partial charge on any atom is -0.321 e. The van der Waals surface area contributed by atoms with Gasteiger partial charge >= 0.3 is 6.18 Å². The Balaban J connectivity index is 1.59. The van der Waals surface area contributed by atoms with Gasteiger partial charge in [0, 0.05) is 5.56 Å². The van der Waals surface area contributed by atoms with Crippen LogP contribution >= 0.6 is 0 Å². The first-order valence-corrected chi connectivity index (χ1v) is 10.1. The van der Waals surface area contributed by atoms with Gasteiger partial charge in [0.2, 0.25) is 11.8 Å². The zero-order valence-corrected chi connectivity index (χ0v) is 16.8. The number of imide groups is 1. The van der Waals surface area contributed by atoms with Gasteiger partial charge < -0.3 is 5.32 Å². The Morgan fingerprint density at radius 1 is 1.00 bits per heavy atom. The molecule has 1 saturated carbocycles. The van der Waals surface area contributed by atoms with Crippen LogP contribution in [0, 0.1) is 17.8 Å². The second-order valence-electron chi connectivity index (χ2n) is 8.19. The van der Waals surface area contributed by atoms with E-state index < -0.39 is 17.6 Å². The molecule has 1 heterocycles. The van der Waals surface area contributed by atoms with Crippen LogP contribution in [0.5, 0.6) is 0 Å². The van der Waals surface area contributed by atoms with Crippen LogP contribution < -0.4 is 10.2 Å². The van der Waals surface area contributed by atoms with Crippen molar-refractivity contribution in [1.29, 1.82) is 0 Å². The number of nitrogens with zero attached hydrogens (tertiary/aromatic N) is 1. The maximum absolute atomic E-state index is 13.2. The van der Waals surface area contributed by atoms with Gasteiger partial charge in [-0.2, -0.15) is 13.2 Å². The molecule has 8 heteroatoms. The van der Waals surface area contributed by atoms with Gasteiger partial charge in [0.15, 0.2) is 0 Å². The molecule has 0 aromatic heterocycles. The second-order valence-corrected chi connectivity index (χ2v) is 8.19. The highest BCUT2D eigenvalue weighted by molar-refractivity contribution is 6.22. The van der Waals surface area contributed by atoms with Crippen molar-refractivity contribution in [3.8, 4) is 0 Å². The number of alkyl halides is 3. The SMILES string of the molecule is C[C@@H]1CC[C@H]2C(=O)N(c3cccc(C(=O)Nc4ccccc4C(F)(F)F)c3)C(=O)[C@H]2C1. The molecule has 1 aliphatic heterocycles. The van der Waals surface area contributed by atoms with Gasteiger partial charge in [-0.25, -0.2) is 0 Å². The van der Waals surface area contributed by atoms with E-state index >= 15 is 0 Å². The van der Waals surface area contributed by atoms with E-state index in [2.05, 4.69) is 12.2 Å². The molecule has 0 spiro atoms. The van der Waals surface area contributed by atoms with Crippen molar-refractivity contribution in [2.75, 3.05) is 10.2 Å². The minimum atomic E-state index is -4.62. The summed E-state index contributed by atoms with van der Waals surface area (Å²) in [7, 11) is 0.